The summed E-state index contributed by atoms with van der Waals surface area (Å²) in [6.07, 6.45) is 8.34. The number of carbonyl (C=O) groups is 1. The van der Waals surface area contributed by atoms with Gasteiger partial charge < -0.3 is 14.7 Å². The van der Waals surface area contributed by atoms with Crippen molar-refractivity contribution in [3.8, 4) is 0 Å². The van der Waals surface area contributed by atoms with Crippen molar-refractivity contribution in [2.45, 2.75) is 57.1 Å². The van der Waals surface area contributed by atoms with Gasteiger partial charge in [-0.15, -0.1) is 0 Å². The molecule has 0 spiro atoms. The van der Waals surface area contributed by atoms with Gasteiger partial charge in [0.2, 0.25) is 5.91 Å². The van der Waals surface area contributed by atoms with Gasteiger partial charge in [-0.05, 0) is 25.7 Å². The van der Waals surface area contributed by atoms with Crippen molar-refractivity contribution < 1.29 is 14.6 Å². The van der Waals surface area contributed by atoms with Gasteiger partial charge in [-0.1, -0.05) is 19.3 Å². The van der Waals surface area contributed by atoms with Gasteiger partial charge in [0.15, 0.2) is 0 Å². The average Bonchev–Trinajstić information content (AvgIpc) is 2.54. The fourth-order valence-electron chi connectivity index (χ4n) is 3.43. The molecule has 1 heterocycles. The molecule has 0 unspecified atom stereocenters. The van der Waals surface area contributed by atoms with E-state index in [0.717, 1.165) is 25.9 Å². The molecule has 0 aromatic carbocycles. The zero-order chi connectivity index (χ0) is 15.1. The van der Waals surface area contributed by atoms with Gasteiger partial charge in [0.25, 0.3) is 0 Å². The van der Waals surface area contributed by atoms with E-state index in [2.05, 4.69) is 4.90 Å². The van der Waals surface area contributed by atoms with Crippen LogP contribution in [-0.2, 0) is 9.53 Å². The summed E-state index contributed by atoms with van der Waals surface area (Å²) in [5.41, 5.74) is 0. The minimum atomic E-state index is 0.0882. The van der Waals surface area contributed by atoms with E-state index in [1.165, 1.54) is 32.1 Å². The molecule has 0 aromatic rings. The van der Waals surface area contributed by atoms with Crippen molar-refractivity contribution >= 4 is 5.91 Å². The molecule has 1 N–H and O–H groups in total. The Balaban J connectivity index is 1.68. The Hall–Kier alpha value is -0.650. The summed E-state index contributed by atoms with van der Waals surface area (Å²) in [5.74, 6) is 0.261. The summed E-state index contributed by atoms with van der Waals surface area (Å²) in [7, 11) is 1.97. The van der Waals surface area contributed by atoms with E-state index in [4.69, 9.17) is 9.84 Å². The first kappa shape index (κ1) is 16.7. The normalized spacial score (nSPS) is 22.4. The van der Waals surface area contributed by atoms with E-state index in [9.17, 15) is 4.79 Å². The first-order valence-electron chi connectivity index (χ1n) is 8.41. The average molecular weight is 298 g/mol. The number of carbonyl (C=O) groups excluding carboxylic acids is 1. The summed E-state index contributed by atoms with van der Waals surface area (Å²) in [4.78, 5) is 16.6. The second-order valence-corrected chi connectivity index (χ2v) is 6.37. The molecule has 5 nitrogen and oxygen atoms in total. The van der Waals surface area contributed by atoms with Crippen molar-refractivity contribution in [2.24, 2.45) is 0 Å². The summed E-state index contributed by atoms with van der Waals surface area (Å²) in [6, 6.07) is 0.455. The zero-order valence-corrected chi connectivity index (χ0v) is 13.3. The number of hydrogen-bond donors (Lipinski definition) is 1. The molecule has 21 heavy (non-hydrogen) atoms. The van der Waals surface area contributed by atoms with Crippen LogP contribution in [0.1, 0.15) is 44.9 Å². The van der Waals surface area contributed by atoms with Crippen LogP contribution in [0.3, 0.4) is 0 Å². The van der Waals surface area contributed by atoms with Crippen molar-refractivity contribution in [3.05, 3.63) is 0 Å². The number of amides is 1. The van der Waals surface area contributed by atoms with Crippen LogP contribution in [-0.4, -0.2) is 72.9 Å². The quantitative estimate of drug-likeness (QED) is 0.802. The molecule has 2 fully saturated rings. The highest BCUT2D eigenvalue weighted by atomic mass is 16.5. The monoisotopic (exact) mass is 298 g/mol. The maximum absolute atomic E-state index is 12.4. The lowest BCUT2D eigenvalue weighted by Gasteiger charge is -2.35. The molecule has 0 radical (unpaired) electrons. The minimum Gasteiger partial charge on any atom is -0.394 e. The summed E-state index contributed by atoms with van der Waals surface area (Å²) in [5, 5.41) is 8.77. The maximum atomic E-state index is 12.4. The molecule has 1 aliphatic carbocycles. The number of aliphatic hydroxyl groups is 1. The third kappa shape index (κ3) is 5.24. The Morgan fingerprint density at radius 1 is 1.19 bits per heavy atom. The van der Waals surface area contributed by atoms with Crippen molar-refractivity contribution in [1.29, 1.82) is 0 Å². The van der Waals surface area contributed by atoms with Crippen LogP contribution < -0.4 is 0 Å². The Morgan fingerprint density at radius 2 is 1.86 bits per heavy atom. The van der Waals surface area contributed by atoms with Crippen molar-refractivity contribution in [1.82, 2.24) is 9.80 Å². The summed E-state index contributed by atoms with van der Waals surface area (Å²) in [6.45, 7) is 2.89. The highest BCUT2D eigenvalue weighted by Crippen LogP contribution is 2.22. The standard InChI is InChI=1S/C16H30N2O3/c1-17(14-5-3-2-4-6-14)16(20)13-18-9-7-15(8-10-18)21-12-11-19/h14-15,19H,2-13H2,1H3. The van der Waals surface area contributed by atoms with E-state index in [0.29, 0.717) is 19.2 Å². The number of likely N-dealkylation sites (tertiary alicyclic amines) is 1. The number of piperidine rings is 1. The number of hydrogen-bond acceptors (Lipinski definition) is 4. The summed E-state index contributed by atoms with van der Waals surface area (Å²) < 4.78 is 5.56. The van der Waals surface area contributed by atoms with Crippen LogP contribution in [0.2, 0.25) is 0 Å². The Bertz CT molecular complexity index is 311. The fraction of sp³-hybridized carbons (Fsp3) is 0.938. The van der Waals surface area contributed by atoms with Crippen LogP contribution in [0, 0.1) is 0 Å². The Labute approximate surface area is 128 Å². The zero-order valence-electron chi connectivity index (χ0n) is 13.3. The number of aliphatic hydroxyl groups excluding tert-OH is 1. The third-order valence-electron chi connectivity index (χ3n) is 4.85. The fourth-order valence-corrected chi connectivity index (χ4v) is 3.43. The van der Waals surface area contributed by atoms with E-state index in [1.807, 2.05) is 11.9 Å². The molecule has 122 valence electrons. The second kappa shape index (κ2) is 8.71. The van der Waals surface area contributed by atoms with E-state index in [1.54, 1.807) is 0 Å². The topological polar surface area (TPSA) is 53.0 Å². The lowest BCUT2D eigenvalue weighted by molar-refractivity contribution is -0.134. The predicted octanol–water partition coefficient (Wildman–Crippen LogP) is 1.25. The van der Waals surface area contributed by atoms with Crippen molar-refractivity contribution in [2.75, 3.05) is 39.9 Å². The van der Waals surface area contributed by atoms with Crippen molar-refractivity contribution in [3.63, 3.8) is 0 Å². The SMILES string of the molecule is CN(C(=O)CN1CCC(OCCO)CC1)C1CCCCC1. The molecule has 5 heteroatoms. The van der Waals surface area contributed by atoms with Gasteiger partial charge in [-0.3, -0.25) is 9.69 Å². The second-order valence-electron chi connectivity index (χ2n) is 6.37. The molecule has 1 saturated carbocycles. The largest absolute Gasteiger partial charge is 0.394 e. The highest BCUT2D eigenvalue weighted by molar-refractivity contribution is 5.78. The molecular formula is C16H30N2O3. The molecular weight excluding hydrogens is 268 g/mol. The third-order valence-corrected chi connectivity index (χ3v) is 4.85. The van der Waals surface area contributed by atoms with Gasteiger partial charge in [0.1, 0.15) is 0 Å². The molecule has 1 saturated heterocycles. The summed E-state index contributed by atoms with van der Waals surface area (Å²) >= 11 is 0. The molecule has 0 aromatic heterocycles. The Morgan fingerprint density at radius 3 is 2.48 bits per heavy atom. The van der Waals surface area contributed by atoms with Crippen LogP contribution in [0.15, 0.2) is 0 Å². The maximum Gasteiger partial charge on any atom is 0.236 e. The molecule has 1 aliphatic heterocycles. The first-order chi connectivity index (χ1) is 10.2. The molecule has 1 amide bonds. The van der Waals surface area contributed by atoms with Gasteiger partial charge in [0.05, 0.1) is 25.9 Å². The number of ether oxygens (including phenoxy) is 1. The number of likely N-dealkylation sites (N-methyl/N-ethyl adjacent to an activating group) is 1. The smallest absolute Gasteiger partial charge is 0.236 e. The lowest BCUT2D eigenvalue weighted by Crippen LogP contribution is -2.46. The first-order valence-corrected chi connectivity index (χ1v) is 8.41. The molecule has 2 aliphatic rings. The highest BCUT2D eigenvalue weighted by Gasteiger charge is 2.25. The number of rotatable bonds is 6. The lowest BCUT2D eigenvalue weighted by atomic mass is 9.94. The van der Waals surface area contributed by atoms with Gasteiger partial charge in [0, 0.05) is 26.2 Å². The van der Waals surface area contributed by atoms with Gasteiger partial charge in [-0.2, -0.15) is 0 Å². The minimum absolute atomic E-state index is 0.0882. The Kier molecular flexibility index (Phi) is 6.93. The van der Waals surface area contributed by atoms with Crippen LogP contribution >= 0.6 is 0 Å². The number of nitrogens with zero attached hydrogens (tertiary/aromatic N) is 2. The van der Waals surface area contributed by atoms with Crippen LogP contribution in [0.5, 0.6) is 0 Å². The van der Waals surface area contributed by atoms with E-state index >= 15 is 0 Å². The molecule has 0 bridgehead atoms. The predicted molar refractivity (Wildman–Crippen MR) is 82.1 cm³/mol. The van der Waals surface area contributed by atoms with Gasteiger partial charge in [-0.25, -0.2) is 0 Å². The van der Waals surface area contributed by atoms with Crippen LogP contribution in [0.4, 0.5) is 0 Å². The van der Waals surface area contributed by atoms with E-state index in [-0.39, 0.29) is 18.6 Å². The molecule has 2 rings (SSSR count). The molecule has 0 atom stereocenters. The van der Waals surface area contributed by atoms with Gasteiger partial charge >= 0.3 is 0 Å². The van der Waals surface area contributed by atoms with E-state index < -0.39 is 0 Å². The van der Waals surface area contributed by atoms with Crippen LogP contribution in [0.25, 0.3) is 0 Å².